The SMILES string of the molecule is COc1ccc(OC)c(S(=O)(=O)N2CCN(C(=O)Cn3ccccc3=O)CC2)c1. The number of aromatic nitrogens is 1. The molecule has 1 aliphatic heterocycles. The molecule has 0 spiro atoms. The van der Waals surface area contributed by atoms with Gasteiger partial charge in [0.05, 0.1) is 14.2 Å². The number of rotatable bonds is 6. The molecule has 9 nitrogen and oxygen atoms in total. The minimum Gasteiger partial charge on any atom is -0.497 e. The standard InChI is InChI=1S/C19H23N3O6S/c1-27-15-6-7-16(28-2)17(13-15)29(25,26)22-11-9-20(10-12-22)19(24)14-21-8-4-3-5-18(21)23/h3-8,13H,9-12,14H2,1-2H3. The summed E-state index contributed by atoms with van der Waals surface area (Å²) in [5.41, 5.74) is -0.257. The van der Waals surface area contributed by atoms with Gasteiger partial charge in [0, 0.05) is 44.5 Å². The number of methoxy groups -OCH3 is 2. The van der Waals surface area contributed by atoms with E-state index in [0.717, 1.165) is 0 Å². The Kier molecular flexibility index (Phi) is 6.23. The van der Waals surface area contributed by atoms with E-state index in [1.54, 1.807) is 35.4 Å². The van der Waals surface area contributed by atoms with Crippen LogP contribution in [-0.4, -0.2) is 68.5 Å². The number of amides is 1. The molecule has 1 amide bonds. The number of nitrogens with zero attached hydrogens (tertiary/aromatic N) is 3. The van der Waals surface area contributed by atoms with Gasteiger partial charge in [-0.05, 0) is 18.2 Å². The van der Waals surface area contributed by atoms with Gasteiger partial charge in [-0.15, -0.1) is 0 Å². The van der Waals surface area contributed by atoms with Crippen molar-refractivity contribution in [3.05, 3.63) is 52.9 Å². The van der Waals surface area contributed by atoms with E-state index >= 15 is 0 Å². The number of hydrogen-bond acceptors (Lipinski definition) is 6. The third-order valence-corrected chi connectivity index (χ3v) is 6.70. The van der Waals surface area contributed by atoms with Crippen LogP contribution in [-0.2, 0) is 21.4 Å². The zero-order valence-electron chi connectivity index (χ0n) is 16.3. The fourth-order valence-corrected chi connectivity index (χ4v) is 4.73. The van der Waals surface area contributed by atoms with E-state index in [4.69, 9.17) is 9.47 Å². The van der Waals surface area contributed by atoms with Crippen molar-refractivity contribution in [3.63, 3.8) is 0 Å². The van der Waals surface area contributed by atoms with Crippen molar-refractivity contribution in [1.29, 1.82) is 0 Å². The van der Waals surface area contributed by atoms with Gasteiger partial charge in [0.2, 0.25) is 15.9 Å². The molecule has 0 aliphatic carbocycles. The Bertz CT molecular complexity index is 1040. The van der Waals surface area contributed by atoms with Crippen molar-refractivity contribution in [2.24, 2.45) is 0 Å². The number of pyridine rings is 1. The molecule has 0 unspecified atom stereocenters. The van der Waals surface area contributed by atoms with E-state index in [0.29, 0.717) is 5.75 Å². The zero-order chi connectivity index (χ0) is 21.0. The molecule has 1 fully saturated rings. The van der Waals surface area contributed by atoms with Crippen molar-refractivity contribution in [3.8, 4) is 11.5 Å². The van der Waals surface area contributed by atoms with Crippen LogP contribution >= 0.6 is 0 Å². The molecule has 0 saturated carbocycles. The highest BCUT2D eigenvalue weighted by molar-refractivity contribution is 7.89. The Balaban J connectivity index is 1.71. The van der Waals surface area contributed by atoms with Gasteiger partial charge in [-0.2, -0.15) is 4.31 Å². The molecule has 0 atom stereocenters. The Morgan fingerprint density at radius 1 is 1.03 bits per heavy atom. The lowest BCUT2D eigenvalue weighted by molar-refractivity contribution is -0.133. The van der Waals surface area contributed by atoms with E-state index in [9.17, 15) is 18.0 Å². The first-order valence-electron chi connectivity index (χ1n) is 9.02. The first-order chi connectivity index (χ1) is 13.9. The second-order valence-corrected chi connectivity index (χ2v) is 8.37. The molecule has 0 radical (unpaired) electrons. The van der Waals surface area contributed by atoms with Crippen molar-refractivity contribution in [2.75, 3.05) is 40.4 Å². The Morgan fingerprint density at radius 2 is 1.76 bits per heavy atom. The highest BCUT2D eigenvalue weighted by Crippen LogP contribution is 2.31. The number of benzene rings is 1. The number of carbonyl (C=O) groups excluding carboxylic acids is 1. The van der Waals surface area contributed by atoms with Crippen LogP contribution in [0, 0.1) is 0 Å². The zero-order valence-corrected chi connectivity index (χ0v) is 17.1. The van der Waals surface area contributed by atoms with Crippen LogP contribution in [0.5, 0.6) is 11.5 Å². The Morgan fingerprint density at radius 3 is 2.38 bits per heavy atom. The van der Waals surface area contributed by atoms with Crippen molar-refractivity contribution >= 4 is 15.9 Å². The van der Waals surface area contributed by atoms with Gasteiger partial charge >= 0.3 is 0 Å². The maximum atomic E-state index is 13.1. The smallest absolute Gasteiger partial charge is 0.250 e. The summed E-state index contributed by atoms with van der Waals surface area (Å²) in [5.74, 6) is 0.411. The second kappa shape index (κ2) is 8.66. The summed E-state index contributed by atoms with van der Waals surface area (Å²) in [7, 11) is -0.952. The van der Waals surface area contributed by atoms with Gasteiger partial charge < -0.3 is 18.9 Å². The van der Waals surface area contributed by atoms with E-state index in [1.165, 1.54) is 35.2 Å². The van der Waals surface area contributed by atoms with E-state index in [1.807, 2.05) is 0 Å². The minimum absolute atomic E-state index is 0.0231. The van der Waals surface area contributed by atoms with Gasteiger partial charge in [-0.3, -0.25) is 9.59 Å². The fraction of sp³-hybridized carbons (Fsp3) is 0.368. The van der Waals surface area contributed by atoms with E-state index in [-0.39, 0.29) is 54.8 Å². The summed E-state index contributed by atoms with van der Waals surface area (Å²) in [6, 6.07) is 9.27. The lowest BCUT2D eigenvalue weighted by atomic mass is 10.3. The third kappa shape index (κ3) is 4.43. The molecule has 2 heterocycles. The van der Waals surface area contributed by atoms with Crippen molar-refractivity contribution < 1.29 is 22.7 Å². The van der Waals surface area contributed by atoms with Crippen LogP contribution in [0.2, 0.25) is 0 Å². The molecule has 10 heteroatoms. The van der Waals surface area contributed by atoms with Crippen LogP contribution < -0.4 is 15.0 Å². The lowest BCUT2D eigenvalue weighted by Gasteiger charge is -2.34. The Labute approximate surface area is 169 Å². The van der Waals surface area contributed by atoms with Crippen LogP contribution in [0.3, 0.4) is 0 Å². The molecule has 156 valence electrons. The number of ether oxygens (including phenoxy) is 2. The molecule has 3 rings (SSSR count). The van der Waals surface area contributed by atoms with E-state index in [2.05, 4.69) is 0 Å². The average molecular weight is 421 g/mol. The van der Waals surface area contributed by atoms with Crippen LogP contribution in [0.4, 0.5) is 0 Å². The summed E-state index contributed by atoms with van der Waals surface area (Å²) in [6.45, 7) is 0.713. The summed E-state index contributed by atoms with van der Waals surface area (Å²) in [5, 5.41) is 0. The maximum Gasteiger partial charge on any atom is 0.250 e. The monoisotopic (exact) mass is 421 g/mol. The van der Waals surface area contributed by atoms with Gasteiger partial charge in [0.1, 0.15) is 22.9 Å². The highest BCUT2D eigenvalue weighted by Gasteiger charge is 2.32. The predicted octanol–water partition coefficient (Wildman–Crippen LogP) is 0.399. The molecule has 1 aromatic heterocycles. The molecule has 29 heavy (non-hydrogen) atoms. The maximum absolute atomic E-state index is 13.1. The van der Waals surface area contributed by atoms with Crippen LogP contribution in [0.25, 0.3) is 0 Å². The summed E-state index contributed by atoms with van der Waals surface area (Å²) >= 11 is 0. The molecule has 1 saturated heterocycles. The summed E-state index contributed by atoms with van der Waals surface area (Å²) in [4.78, 5) is 25.9. The normalized spacial score (nSPS) is 15.2. The quantitative estimate of drug-likeness (QED) is 0.670. The lowest BCUT2D eigenvalue weighted by Crippen LogP contribution is -2.51. The number of piperazine rings is 1. The highest BCUT2D eigenvalue weighted by atomic mass is 32.2. The topological polar surface area (TPSA) is 98.2 Å². The number of carbonyl (C=O) groups is 1. The molecular weight excluding hydrogens is 398 g/mol. The molecule has 2 aromatic rings. The molecular formula is C19H23N3O6S. The first-order valence-corrected chi connectivity index (χ1v) is 10.5. The van der Waals surface area contributed by atoms with Gasteiger partial charge in [0.15, 0.2) is 0 Å². The van der Waals surface area contributed by atoms with Crippen LogP contribution in [0.1, 0.15) is 0 Å². The van der Waals surface area contributed by atoms with Gasteiger partial charge in [-0.25, -0.2) is 8.42 Å². The van der Waals surface area contributed by atoms with Gasteiger partial charge in [0.25, 0.3) is 5.56 Å². The van der Waals surface area contributed by atoms with Crippen LogP contribution in [0.15, 0.2) is 52.3 Å². The average Bonchev–Trinajstić information content (AvgIpc) is 2.74. The molecule has 0 bridgehead atoms. The number of sulfonamides is 1. The first kappa shape index (κ1) is 20.9. The third-order valence-electron chi connectivity index (χ3n) is 4.78. The number of hydrogen-bond donors (Lipinski definition) is 0. The predicted molar refractivity (Wildman–Crippen MR) is 106 cm³/mol. The molecule has 0 N–H and O–H groups in total. The Hall–Kier alpha value is -2.85. The fourth-order valence-electron chi connectivity index (χ4n) is 3.14. The second-order valence-electron chi connectivity index (χ2n) is 6.47. The molecule has 1 aliphatic rings. The largest absolute Gasteiger partial charge is 0.497 e. The van der Waals surface area contributed by atoms with Crippen molar-refractivity contribution in [1.82, 2.24) is 13.8 Å². The molecule has 1 aromatic carbocycles. The van der Waals surface area contributed by atoms with Crippen molar-refractivity contribution in [2.45, 2.75) is 11.4 Å². The van der Waals surface area contributed by atoms with E-state index < -0.39 is 10.0 Å². The summed E-state index contributed by atoms with van der Waals surface area (Å²) < 4.78 is 39.2. The van der Waals surface area contributed by atoms with Gasteiger partial charge in [-0.1, -0.05) is 6.07 Å². The minimum atomic E-state index is -3.82. The summed E-state index contributed by atoms with van der Waals surface area (Å²) in [6.07, 6.45) is 1.55.